The maximum Gasteiger partial charge on any atom is 0.230 e. The average Bonchev–Trinajstić information content (AvgIpc) is 2.75. The van der Waals surface area contributed by atoms with E-state index >= 15 is 0 Å². The molecular formula is C18H23FN2O. The molecule has 1 aromatic rings. The van der Waals surface area contributed by atoms with Gasteiger partial charge in [-0.2, -0.15) is 0 Å². The summed E-state index contributed by atoms with van der Waals surface area (Å²) < 4.78 is 13.8. The molecule has 0 N–H and O–H groups in total. The van der Waals surface area contributed by atoms with E-state index in [1.165, 1.54) is 6.07 Å². The summed E-state index contributed by atoms with van der Waals surface area (Å²) >= 11 is 0. The minimum atomic E-state index is -0.185. The predicted molar refractivity (Wildman–Crippen MR) is 84.5 cm³/mol. The number of nitrogens with zero attached hydrogens (tertiary/aromatic N) is 2. The monoisotopic (exact) mass is 302 g/mol. The highest BCUT2D eigenvalue weighted by molar-refractivity contribution is 5.98. The molecule has 3 nitrogen and oxygen atoms in total. The van der Waals surface area contributed by atoms with Gasteiger partial charge < -0.3 is 9.80 Å². The van der Waals surface area contributed by atoms with E-state index in [-0.39, 0.29) is 23.1 Å². The number of halogens is 1. The van der Waals surface area contributed by atoms with Gasteiger partial charge in [-0.15, -0.1) is 0 Å². The first-order valence-corrected chi connectivity index (χ1v) is 8.39. The zero-order valence-corrected chi connectivity index (χ0v) is 13.1. The Labute approximate surface area is 131 Å². The van der Waals surface area contributed by atoms with E-state index in [0.717, 1.165) is 63.0 Å². The number of benzene rings is 1. The largest absolute Gasteiger partial charge is 0.311 e. The van der Waals surface area contributed by atoms with Crippen LogP contribution in [-0.2, 0) is 10.2 Å². The fourth-order valence-corrected chi connectivity index (χ4v) is 4.19. The van der Waals surface area contributed by atoms with Crippen molar-refractivity contribution >= 4 is 11.6 Å². The van der Waals surface area contributed by atoms with Crippen LogP contribution in [0.2, 0.25) is 0 Å². The molecule has 1 saturated carbocycles. The Morgan fingerprint density at radius 3 is 2.64 bits per heavy atom. The smallest absolute Gasteiger partial charge is 0.230 e. The van der Waals surface area contributed by atoms with Crippen molar-refractivity contribution in [3.63, 3.8) is 0 Å². The molecule has 3 aliphatic rings. The Morgan fingerprint density at radius 2 is 2.00 bits per heavy atom. The number of carbonyl (C=O) groups excluding carboxylic acids is 1. The van der Waals surface area contributed by atoms with Gasteiger partial charge in [-0.3, -0.25) is 4.79 Å². The fraction of sp³-hybridized carbons (Fsp3) is 0.611. The summed E-state index contributed by atoms with van der Waals surface area (Å²) in [6, 6.07) is 4.98. The molecule has 1 saturated heterocycles. The number of anilines is 1. The van der Waals surface area contributed by atoms with Crippen LogP contribution in [0.1, 0.15) is 37.7 Å². The van der Waals surface area contributed by atoms with Crippen molar-refractivity contribution in [3.05, 3.63) is 29.6 Å². The van der Waals surface area contributed by atoms with E-state index in [0.29, 0.717) is 0 Å². The third-order valence-electron chi connectivity index (χ3n) is 5.95. The summed E-state index contributed by atoms with van der Waals surface area (Å²) in [6.07, 6.45) is 5.21. The molecule has 22 heavy (non-hydrogen) atoms. The molecule has 0 radical (unpaired) electrons. The minimum Gasteiger partial charge on any atom is -0.311 e. The maximum atomic E-state index is 13.8. The number of carbonyl (C=O) groups is 1. The molecule has 0 unspecified atom stereocenters. The summed E-state index contributed by atoms with van der Waals surface area (Å²) in [7, 11) is 2.13. The van der Waals surface area contributed by atoms with Gasteiger partial charge in [-0.1, -0.05) is 6.42 Å². The highest BCUT2D eigenvalue weighted by Gasteiger charge is 2.47. The van der Waals surface area contributed by atoms with Gasteiger partial charge in [-0.05, 0) is 69.6 Å². The zero-order chi connectivity index (χ0) is 15.3. The Morgan fingerprint density at radius 1 is 1.27 bits per heavy atom. The molecule has 2 heterocycles. The molecule has 1 aliphatic carbocycles. The summed E-state index contributed by atoms with van der Waals surface area (Å²) in [5, 5.41) is 0. The lowest BCUT2D eigenvalue weighted by atomic mass is 9.74. The van der Waals surface area contributed by atoms with E-state index in [1.54, 1.807) is 6.07 Å². The van der Waals surface area contributed by atoms with Crippen molar-refractivity contribution in [2.24, 2.45) is 5.92 Å². The second kappa shape index (κ2) is 5.05. The van der Waals surface area contributed by atoms with Gasteiger partial charge in [0.15, 0.2) is 0 Å². The van der Waals surface area contributed by atoms with Gasteiger partial charge in [0.25, 0.3) is 0 Å². The van der Waals surface area contributed by atoms with Gasteiger partial charge in [0, 0.05) is 23.6 Å². The van der Waals surface area contributed by atoms with Gasteiger partial charge in [0.1, 0.15) is 5.82 Å². The van der Waals surface area contributed by atoms with Crippen molar-refractivity contribution in [1.29, 1.82) is 0 Å². The molecule has 0 bridgehead atoms. The van der Waals surface area contributed by atoms with E-state index in [1.807, 2.05) is 11.0 Å². The summed E-state index contributed by atoms with van der Waals surface area (Å²) in [5.74, 6) is 0.268. The van der Waals surface area contributed by atoms with E-state index in [9.17, 15) is 9.18 Å². The third-order valence-corrected chi connectivity index (χ3v) is 5.95. The highest BCUT2D eigenvalue weighted by Crippen LogP contribution is 2.48. The molecule has 2 fully saturated rings. The molecule has 4 heteroatoms. The van der Waals surface area contributed by atoms with Crippen LogP contribution in [0.3, 0.4) is 0 Å². The first-order chi connectivity index (χ1) is 10.6. The number of fused-ring (bicyclic) bond motifs is 2. The second-order valence-electron chi connectivity index (χ2n) is 7.30. The zero-order valence-electron chi connectivity index (χ0n) is 13.1. The first-order valence-electron chi connectivity index (χ1n) is 8.39. The topological polar surface area (TPSA) is 23.6 Å². The predicted octanol–water partition coefficient (Wildman–Crippen LogP) is 2.94. The van der Waals surface area contributed by atoms with Crippen molar-refractivity contribution in [3.8, 4) is 0 Å². The van der Waals surface area contributed by atoms with E-state index in [2.05, 4.69) is 11.9 Å². The SMILES string of the molecule is CN1CCC2(CC1)CN(C(=O)C1CCC1)c1ccc(F)cc12. The van der Waals surface area contributed by atoms with Crippen LogP contribution >= 0.6 is 0 Å². The quantitative estimate of drug-likeness (QED) is 0.796. The number of likely N-dealkylation sites (tertiary alicyclic amines) is 1. The van der Waals surface area contributed by atoms with Crippen LogP contribution in [0.15, 0.2) is 18.2 Å². The molecular weight excluding hydrogens is 279 g/mol. The van der Waals surface area contributed by atoms with E-state index < -0.39 is 0 Å². The summed E-state index contributed by atoms with van der Waals surface area (Å²) in [6.45, 7) is 2.78. The lowest BCUT2D eigenvalue weighted by molar-refractivity contribution is -0.124. The third kappa shape index (κ3) is 2.08. The Kier molecular flexibility index (Phi) is 3.26. The normalized spacial score (nSPS) is 24.4. The van der Waals surface area contributed by atoms with Crippen LogP contribution in [-0.4, -0.2) is 37.5 Å². The number of amides is 1. The van der Waals surface area contributed by atoms with Crippen molar-refractivity contribution in [1.82, 2.24) is 4.90 Å². The number of hydrogen-bond donors (Lipinski definition) is 0. The first kappa shape index (κ1) is 14.2. The van der Waals surface area contributed by atoms with Crippen LogP contribution in [0, 0.1) is 11.7 Å². The van der Waals surface area contributed by atoms with Crippen molar-refractivity contribution in [2.45, 2.75) is 37.5 Å². The molecule has 118 valence electrons. The number of piperidine rings is 1. The molecule has 1 aromatic carbocycles. The van der Waals surface area contributed by atoms with Gasteiger partial charge in [0.05, 0.1) is 0 Å². The Balaban J connectivity index is 1.71. The Bertz CT molecular complexity index is 603. The van der Waals surface area contributed by atoms with Crippen LogP contribution in [0.25, 0.3) is 0 Å². The van der Waals surface area contributed by atoms with Crippen LogP contribution < -0.4 is 4.90 Å². The van der Waals surface area contributed by atoms with Gasteiger partial charge >= 0.3 is 0 Å². The van der Waals surface area contributed by atoms with Gasteiger partial charge in [0.2, 0.25) is 5.91 Å². The molecule has 0 aromatic heterocycles. The lowest BCUT2D eigenvalue weighted by Crippen LogP contribution is -2.46. The van der Waals surface area contributed by atoms with E-state index in [4.69, 9.17) is 0 Å². The molecule has 2 aliphatic heterocycles. The maximum absolute atomic E-state index is 13.8. The second-order valence-corrected chi connectivity index (χ2v) is 7.30. The van der Waals surface area contributed by atoms with Crippen LogP contribution in [0.4, 0.5) is 10.1 Å². The molecule has 0 atom stereocenters. The molecule has 1 spiro atoms. The lowest BCUT2D eigenvalue weighted by Gasteiger charge is -2.38. The van der Waals surface area contributed by atoms with Crippen LogP contribution in [0.5, 0.6) is 0 Å². The summed E-state index contributed by atoms with van der Waals surface area (Å²) in [5.41, 5.74) is 1.99. The number of hydrogen-bond acceptors (Lipinski definition) is 2. The minimum absolute atomic E-state index is 0.0383. The Hall–Kier alpha value is -1.42. The van der Waals surface area contributed by atoms with Crippen molar-refractivity contribution in [2.75, 3.05) is 31.6 Å². The molecule has 1 amide bonds. The fourth-order valence-electron chi connectivity index (χ4n) is 4.19. The van der Waals surface area contributed by atoms with Crippen molar-refractivity contribution < 1.29 is 9.18 Å². The van der Waals surface area contributed by atoms with Gasteiger partial charge in [-0.25, -0.2) is 4.39 Å². The number of rotatable bonds is 1. The molecule has 4 rings (SSSR count). The summed E-state index contributed by atoms with van der Waals surface area (Å²) in [4.78, 5) is 17.1. The highest BCUT2D eigenvalue weighted by atomic mass is 19.1. The standard InChI is InChI=1S/C18H23FN2O/c1-20-9-7-18(8-10-20)12-21(17(22)13-3-2-4-13)16-6-5-14(19)11-15(16)18/h5-6,11,13H,2-4,7-10,12H2,1H3. The average molecular weight is 302 g/mol.